The van der Waals surface area contributed by atoms with Crippen molar-refractivity contribution in [2.24, 2.45) is 0 Å². The van der Waals surface area contributed by atoms with Crippen LogP contribution in [0.4, 0.5) is 4.39 Å². The first-order chi connectivity index (χ1) is 19.1. The lowest BCUT2D eigenvalue weighted by Gasteiger charge is -2.22. The standard InChI is InChI=1S/C31H35FN4O3.ClH/c1-38-30-20-25(11-12-29(30)39-23-27-9-5-10-28(32)19-27)13-17-36(21-26-7-3-2-4-8-26)22-31(37)34-14-6-16-35-18-15-33-24-35;/h2-5,7-12,15,18-20,24H,6,13-14,16-17,21-23H2,1H3,(H,34,37);1H. The normalized spacial score (nSPS) is 10.7. The molecule has 40 heavy (non-hydrogen) atoms. The molecule has 1 aromatic heterocycles. The van der Waals surface area contributed by atoms with Crippen molar-refractivity contribution >= 4 is 18.3 Å². The number of ether oxygens (including phenoxy) is 2. The summed E-state index contributed by atoms with van der Waals surface area (Å²) in [4.78, 5) is 18.9. The van der Waals surface area contributed by atoms with E-state index in [4.69, 9.17) is 9.47 Å². The van der Waals surface area contributed by atoms with E-state index in [0.29, 0.717) is 37.7 Å². The molecule has 0 atom stereocenters. The van der Waals surface area contributed by atoms with E-state index < -0.39 is 0 Å². The van der Waals surface area contributed by atoms with Crippen LogP contribution in [-0.4, -0.2) is 47.1 Å². The number of benzene rings is 3. The predicted octanol–water partition coefficient (Wildman–Crippen LogP) is 5.28. The van der Waals surface area contributed by atoms with Gasteiger partial charge in [0.15, 0.2) is 11.5 Å². The fraction of sp³-hybridized carbons (Fsp3) is 0.290. The zero-order valence-electron chi connectivity index (χ0n) is 22.7. The third-order valence-electron chi connectivity index (χ3n) is 6.32. The molecule has 1 N–H and O–H groups in total. The second kappa shape index (κ2) is 16.3. The Bertz CT molecular complexity index is 1310. The third kappa shape index (κ3) is 10.0. The van der Waals surface area contributed by atoms with Crippen molar-refractivity contribution < 1.29 is 18.7 Å². The monoisotopic (exact) mass is 566 g/mol. The summed E-state index contributed by atoms with van der Waals surface area (Å²) >= 11 is 0. The summed E-state index contributed by atoms with van der Waals surface area (Å²) < 4.78 is 26.9. The molecule has 0 saturated carbocycles. The van der Waals surface area contributed by atoms with Crippen LogP contribution in [0.3, 0.4) is 0 Å². The average Bonchev–Trinajstić information content (AvgIpc) is 3.47. The second-order valence-corrected chi connectivity index (χ2v) is 9.35. The lowest BCUT2D eigenvalue weighted by atomic mass is 10.1. The van der Waals surface area contributed by atoms with Gasteiger partial charge in [0.2, 0.25) is 5.91 Å². The van der Waals surface area contributed by atoms with Crippen molar-refractivity contribution in [2.75, 3.05) is 26.7 Å². The minimum Gasteiger partial charge on any atom is -0.493 e. The molecule has 0 saturated heterocycles. The first kappa shape index (κ1) is 30.7. The van der Waals surface area contributed by atoms with Gasteiger partial charge in [0, 0.05) is 38.6 Å². The van der Waals surface area contributed by atoms with E-state index in [1.54, 1.807) is 25.7 Å². The molecule has 0 radical (unpaired) electrons. The lowest BCUT2D eigenvalue weighted by Crippen LogP contribution is -2.38. The SMILES string of the molecule is COc1cc(CCN(CC(=O)NCCCn2ccnc2)Cc2ccccc2)ccc1OCc1cccc(F)c1.Cl. The summed E-state index contributed by atoms with van der Waals surface area (Å²) in [5.74, 6) is 0.938. The topological polar surface area (TPSA) is 68.6 Å². The Kier molecular flexibility index (Phi) is 12.5. The number of carbonyl (C=O) groups excluding carboxylic acids is 1. The molecule has 1 amide bonds. The van der Waals surface area contributed by atoms with Crippen molar-refractivity contribution in [3.05, 3.63) is 114 Å². The highest BCUT2D eigenvalue weighted by molar-refractivity contribution is 5.85. The van der Waals surface area contributed by atoms with E-state index in [-0.39, 0.29) is 30.7 Å². The Hall–Kier alpha value is -3.88. The highest BCUT2D eigenvalue weighted by Gasteiger charge is 2.13. The number of methoxy groups -OCH3 is 1. The van der Waals surface area contributed by atoms with Crippen LogP contribution in [0.1, 0.15) is 23.1 Å². The maximum Gasteiger partial charge on any atom is 0.234 e. The summed E-state index contributed by atoms with van der Waals surface area (Å²) in [7, 11) is 1.60. The van der Waals surface area contributed by atoms with E-state index in [1.165, 1.54) is 12.1 Å². The van der Waals surface area contributed by atoms with Crippen LogP contribution in [0.15, 0.2) is 91.5 Å². The maximum absolute atomic E-state index is 13.5. The van der Waals surface area contributed by atoms with Crippen LogP contribution in [0.5, 0.6) is 11.5 Å². The molecule has 4 rings (SSSR count). The van der Waals surface area contributed by atoms with Crippen LogP contribution in [0.2, 0.25) is 0 Å². The summed E-state index contributed by atoms with van der Waals surface area (Å²) in [5.41, 5.74) is 2.98. The second-order valence-electron chi connectivity index (χ2n) is 9.35. The molecule has 1 heterocycles. The van der Waals surface area contributed by atoms with Gasteiger partial charge >= 0.3 is 0 Å². The number of amides is 1. The van der Waals surface area contributed by atoms with Gasteiger partial charge in [-0.2, -0.15) is 0 Å². The number of halogens is 2. The molecule has 9 heteroatoms. The smallest absolute Gasteiger partial charge is 0.234 e. The van der Waals surface area contributed by atoms with E-state index in [9.17, 15) is 9.18 Å². The van der Waals surface area contributed by atoms with Gasteiger partial charge in [-0.15, -0.1) is 12.4 Å². The van der Waals surface area contributed by atoms with Crippen LogP contribution in [0, 0.1) is 5.82 Å². The van der Waals surface area contributed by atoms with Gasteiger partial charge in [0.25, 0.3) is 0 Å². The molecule has 7 nitrogen and oxygen atoms in total. The number of hydrogen-bond donors (Lipinski definition) is 1. The fourth-order valence-electron chi connectivity index (χ4n) is 4.28. The highest BCUT2D eigenvalue weighted by atomic mass is 35.5. The van der Waals surface area contributed by atoms with E-state index in [2.05, 4.69) is 27.3 Å². The zero-order valence-corrected chi connectivity index (χ0v) is 23.5. The molecule has 4 aromatic rings. The maximum atomic E-state index is 13.5. The number of rotatable bonds is 15. The van der Waals surface area contributed by atoms with Crippen molar-refractivity contribution in [2.45, 2.75) is 32.5 Å². The highest BCUT2D eigenvalue weighted by Crippen LogP contribution is 2.29. The van der Waals surface area contributed by atoms with E-state index in [1.807, 2.05) is 53.2 Å². The van der Waals surface area contributed by atoms with Gasteiger partial charge in [-0.3, -0.25) is 9.69 Å². The van der Waals surface area contributed by atoms with Crippen LogP contribution in [-0.2, 0) is 30.9 Å². The van der Waals surface area contributed by atoms with Gasteiger partial charge in [-0.05, 0) is 53.8 Å². The molecule has 0 aliphatic heterocycles. The van der Waals surface area contributed by atoms with E-state index in [0.717, 1.165) is 36.1 Å². The molecule has 0 unspecified atom stereocenters. The molecule has 0 aliphatic rings. The lowest BCUT2D eigenvalue weighted by molar-refractivity contribution is -0.122. The molecule has 0 aliphatic carbocycles. The van der Waals surface area contributed by atoms with Gasteiger partial charge in [0.1, 0.15) is 12.4 Å². The summed E-state index contributed by atoms with van der Waals surface area (Å²) in [6.45, 7) is 3.36. The minimum atomic E-state index is -0.290. The number of aryl methyl sites for hydroxylation is 1. The molecule has 0 fully saturated rings. The molecular formula is C31H36ClFN4O3. The van der Waals surface area contributed by atoms with Crippen LogP contribution in [0.25, 0.3) is 0 Å². The van der Waals surface area contributed by atoms with Crippen molar-refractivity contribution in [3.63, 3.8) is 0 Å². The van der Waals surface area contributed by atoms with Gasteiger partial charge in [-0.1, -0.05) is 48.5 Å². The molecular weight excluding hydrogens is 531 g/mol. The number of hydrogen-bond acceptors (Lipinski definition) is 5. The Morgan fingerprint density at radius 3 is 2.58 bits per heavy atom. The number of carbonyl (C=O) groups is 1. The number of nitrogens with zero attached hydrogens (tertiary/aromatic N) is 3. The zero-order chi connectivity index (χ0) is 27.3. The first-order valence-electron chi connectivity index (χ1n) is 13.1. The Morgan fingerprint density at radius 2 is 1.82 bits per heavy atom. The first-order valence-corrected chi connectivity index (χ1v) is 13.1. The van der Waals surface area contributed by atoms with Crippen LogP contribution >= 0.6 is 12.4 Å². The van der Waals surface area contributed by atoms with Crippen molar-refractivity contribution in [1.29, 1.82) is 0 Å². The number of nitrogens with one attached hydrogen (secondary N) is 1. The predicted molar refractivity (Wildman–Crippen MR) is 156 cm³/mol. The van der Waals surface area contributed by atoms with Crippen molar-refractivity contribution in [3.8, 4) is 11.5 Å². The Balaban J connectivity index is 0.00000441. The molecule has 0 spiro atoms. The summed E-state index contributed by atoms with van der Waals surface area (Å²) in [6.07, 6.45) is 7.03. The molecule has 3 aromatic carbocycles. The van der Waals surface area contributed by atoms with Gasteiger partial charge < -0.3 is 19.4 Å². The Morgan fingerprint density at radius 1 is 1.00 bits per heavy atom. The molecule has 0 bridgehead atoms. The van der Waals surface area contributed by atoms with E-state index >= 15 is 0 Å². The molecule has 212 valence electrons. The minimum absolute atomic E-state index is 0. The quantitative estimate of drug-likeness (QED) is 0.198. The average molecular weight is 567 g/mol. The summed E-state index contributed by atoms with van der Waals surface area (Å²) in [5, 5.41) is 3.04. The fourth-order valence-corrected chi connectivity index (χ4v) is 4.28. The van der Waals surface area contributed by atoms with Crippen LogP contribution < -0.4 is 14.8 Å². The van der Waals surface area contributed by atoms with Gasteiger partial charge in [-0.25, -0.2) is 9.37 Å². The third-order valence-corrected chi connectivity index (χ3v) is 6.32. The largest absolute Gasteiger partial charge is 0.493 e. The van der Waals surface area contributed by atoms with Crippen molar-refractivity contribution in [1.82, 2.24) is 19.8 Å². The van der Waals surface area contributed by atoms with Gasteiger partial charge in [0.05, 0.1) is 20.0 Å². The Labute approximate surface area is 241 Å². The summed E-state index contributed by atoms with van der Waals surface area (Å²) in [6, 6.07) is 22.3. The number of aromatic nitrogens is 2. The number of imidazole rings is 1.